The van der Waals surface area contributed by atoms with Gasteiger partial charge in [0.15, 0.2) is 11.3 Å². The summed E-state index contributed by atoms with van der Waals surface area (Å²) in [5.74, 6) is 1.96. The molecule has 2 aromatic heterocycles. The third kappa shape index (κ3) is 4.96. The van der Waals surface area contributed by atoms with Crippen molar-refractivity contribution in [2.24, 2.45) is 10.9 Å². The molecule has 174 valence electrons. The Kier molecular flexibility index (Phi) is 7.56. The number of fused-ring (bicyclic) bond motifs is 1. The lowest BCUT2D eigenvalue weighted by atomic mass is 10.1. The van der Waals surface area contributed by atoms with Gasteiger partial charge in [-0.25, -0.2) is 4.99 Å². The Bertz CT molecular complexity index is 1100. The molecule has 0 aliphatic heterocycles. The molecule has 0 amide bonds. The van der Waals surface area contributed by atoms with E-state index in [1.54, 1.807) is 7.11 Å². The van der Waals surface area contributed by atoms with Crippen LogP contribution in [0, 0.1) is 5.92 Å². The topological polar surface area (TPSA) is 100 Å². The van der Waals surface area contributed by atoms with Crippen LogP contribution in [-0.4, -0.2) is 44.6 Å². The normalized spacial score (nSPS) is 13.5. The van der Waals surface area contributed by atoms with E-state index < -0.39 is 0 Å². The molecule has 3 aromatic rings. The number of nitrogens with one attached hydrogen (secondary N) is 2. The molecule has 1 aromatic carbocycles. The Morgan fingerprint density at radius 1 is 1.12 bits per heavy atom. The number of aliphatic hydroxyl groups is 1. The molecular weight excluding hydrogens is 404 g/mol. The molecule has 0 bridgehead atoms. The first-order chi connectivity index (χ1) is 15.3. The molecule has 8 heteroatoms. The zero-order valence-corrected chi connectivity index (χ0v) is 20.2. The number of aromatic amines is 1. The predicted octanol–water partition coefficient (Wildman–Crippen LogP) is 4.00. The van der Waals surface area contributed by atoms with Crippen LogP contribution >= 0.6 is 0 Å². The Hall–Kier alpha value is -2.87. The molecular formula is C24H36N6O2. The van der Waals surface area contributed by atoms with E-state index in [1.807, 2.05) is 24.3 Å². The van der Waals surface area contributed by atoms with E-state index in [2.05, 4.69) is 61.6 Å². The number of hydrogen-bond donors (Lipinski definition) is 3. The van der Waals surface area contributed by atoms with Crippen molar-refractivity contribution in [3.8, 4) is 5.75 Å². The van der Waals surface area contributed by atoms with Gasteiger partial charge in [0.1, 0.15) is 5.75 Å². The van der Waals surface area contributed by atoms with Crippen LogP contribution in [0.3, 0.4) is 0 Å². The Balaban J connectivity index is 2.16. The zero-order valence-electron chi connectivity index (χ0n) is 20.2. The summed E-state index contributed by atoms with van der Waals surface area (Å²) >= 11 is 0. The molecule has 1 atom stereocenters. The lowest BCUT2D eigenvalue weighted by molar-refractivity contribution is 0.235. The average Bonchev–Trinajstić information content (AvgIpc) is 3.20. The largest absolute Gasteiger partial charge is 0.497 e. The van der Waals surface area contributed by atoms with Crippen LogP contribution in [0.5, 0.6) is 5.75 Å². The highest BCUT2D eigenvalue weighted by Gasteiger charge is 2.21. The van der Waals surface area contributed by atoms with Gasteiger partial charge < -0.3 is 19.7 Å². The summed E-state index contributed by atoms with van der Waals surface area (Å²) in [4.78, 5) is 9.75. The highest BCUT2D eigenvalue weighted by atomic mass is 16.5. The van der Waals surface area contributed by atoms with Crippen molar-refractivity contribution in [3.05, 3.63) is 41.1 Å². The lowest BCUT2D eigenvalue weighted by Crippen LogP contribution is -2.32. The molecule has 1 unspecified atom stereocenters. The number of aromatic nitrogens is 4. The minimum absolute atomic E-state index is 0.0213. The quantitative estimate of drug-likeness (QED) is 0.467. The van der Waals surface area contributed by atoms with Gasteiger partial charge in [0.05, 0.1) is 31.0 Å². The SMILES string of the molecule is COc1ccc(CNc2nc(=NC(CO)C(C)C)n(C(C)C)c3c(C(C)C)[nH]nc23)cc1. The second-order valence-corrected chi connectivity index (χ2v) is 9.04. The number of hydrogen-bond acceptors (Lipinski definition) is 6. The highest BCUT2D eigenvalue weighted by Crippen LogP contribution is 2.27. The van der Waals surface area contributed by atoms with Crippen molar-refractivity contribution in [3.63, 3.8) is 0 Å². The first-order valence-corrected chi connectivity index (χ1v) is 11.3. The summed E-state index contributed by atoms with van der Waals surface area (Å²) in [6.07, 6.45) is 0. The summed E-state index contributed by atoms with van der Waals surface area (Å²) in [5.41, 5.74) is 4.54. The fraction of sp³-hybridized carbons (Fsp3) is 0.542. The van der Waals surface area contributed by atoms with Crippen LogP contribution in [0.15, 0.2) is 29.3 Å². The van der Waals surface area contributed by atoms with E-state index in [0.717, 1.165) is 28.0 Å². The van der Waals surface area contributed by atoms with Gasteiger partial charge in [0.2, 0.25) is 5.62 Å². The summed E-state index contributed by atoms with van der Waals surface area (Å²) in [6, 6.07) is 7.83. The second kappa shape index (κ2) is 10.2. The maximum absolute atomic E-state index is 9.89. The van der Waals surface area contributed by atoms with Crippen molar-refractivity contribution in [1.29, 1.82) is 0 Å². The number of nitrogens with zero attached hydrogens (tertiary/aromatic N) is 4. The molecule has 0 radical (unpaired) electrons. The fourth-order valence-electron chi connectivity index (χ4n) is 3.65. The van der Waals surface area contributed by atoms with Gasteiger partial charge in [-0.05, 0) is 43.4 Å². The molecule has 2 heterocycles. The third-order valence-corrected chi connectivity index (χ3v) is 5.61. The van der Waals surface area contributed by atoms with Gasteiger partial charge in [0.25, 0.3) is 0 Å². The van der Waals surface area contributed by atoms with E-state index in [0.29, 0.717) is 18.0 Å². The number of aliphatic hydroxyl groups excluding tert-OH is 1. The maximum Gasteiger partial charge on any atom is 0.228 e. The van der Waals surface area contributed by atoms with Crippen molar-refractivity contribution < 1.29 is 9.84 Å². The van der Waals surface area contributed by atoms with Crippen LogP contribution in [-0.2, 0) is 6.54 Å². The number of benzene rings is 1. The van der Waals surface area contributed by atoms with Gasteiger partial charge in [-0.2, -0.15) is 10.1 Å². The minimum atomic E-state index is -0.228. The molecule has 0 aliphatic carbocycles. The van der Waals surface area contributed by atoms with Gasteiger partial charge in [-0.3, -0.25) is 5.10 Å². The summed E-state index contributed by atoms with van der Waals surface area (Å²) in [5, 5.41) is 21.2. The molecule has 32 heavy (non-hydrogen) atoms. The molecule has 0 saturated carbocycles. The van der Waals surface area contributed by atoms with Crippen LogP contribution in [0.1, 0.15) is 64.8 Å². The van der Waals surface area contributed by atoms with E-state index in [-0.39, 0.29) is 30.5 Å². The van der Waals surface area contributed by atoms with Crippen molar-refractivity contribution in [1.82, 2.24) is 19.7 Å². The van der Waals surface area contributed by atoms with Gasteiger partial charge >= 0.3 is 0 Å². The molecule has 0 fully saturated rings. The van der Waals surface area contributed by atoms with Crippen molar-refractivity contribution in [2.45, 2.75) is 66.1 Å². The molecule has 0 saturated heterocycles. The van der Waals surface area contributed by atoms with Crippen molar-refractivity contribution >= 4 is 16.9 Å². The zero-order chi connectivity index (χ0) is 23.4. The summed E-state index contributed by atoms with van der Waals surface area (Å²) < 4.78 is 7.37. The maximum atomic E-state index is 9.89. The minimum Gasteiger partial charge on any atom is -0.497 e. The molecule has 0 spiro atoms. The highest BCUT2D eigenvalue weighted by molar-refractivity contribution is 5.87. The van der Waals surface area contributed by atoms with E-state index in [9.17, 15) is 5.11 Å². The smallest absolute Gasteiger partial charge is 0.228 e. The van der Waals surface area contributed by atoms with E-state index in [4.69, 9.17) is 14.7 Å². The van der Waals surface area contributed by atoms with Crippen LogP contribution in [0.2, 0.25) is 0 Å². The molecule has 3 rings (SSSR count). The van der Waals surface area contributed by atoms with Gasteiger partial charge in [0, 0.05) is 12.6 Å². The number of methoxy groups -OCH3 is 1. The van der Waals surface area contributed by atoms with Crippen LogP contribution in [0.25, 0.3) is 11.0 Å². The number of H-pyrrole nitrogens is 1. The fourth-order valence-corrected chi connectivity index (χ4v) is 3.65. The standard InChI is InChI=1S/C24H36N6O2/c1-14(2)19(13-31)26-24-27-23(25-12-17-8-10-18(32-7)11-9-17)21-22(30(24)16(5)6)20(15(3)4)28-29-21/h8-11,14-16,19,31H,12-13H2,1-7H3,(H,28,29)(H,25,26,27). The van der Waals surface area contributed by atoms with Crippen LogP contribution in [0.4, 0.5) is 5.82 Å². The van der Waals surface area contributed by atoms with Crippen molar-refractivity contribution in [2.75, 3.05) is 19.0 Å². The number of rotatable bonds is 9. The number of ether oxygens (including phenoxy) is 1. The average molecular weight is 441 g/mol. The molecule has 3 N–H and O–H groups in total. The Morgan fingerprint density at radius 2 is 1.81 bits per heavy atom. The Labute approximate surface area is 189 Å². The predicted molar refractivity (Wildman–Crippen MR) is 128 cm³/mol. The molecule has 0 aliphatic rings. The summed E-state index contributed by atoms with van der Waals surface area (Å²) in [7, 11) is 1.66. The van der Waals surface area contributed by atoms with E-state index in [1.165, 1.54) is 0 Å². The lowest BCUT2D eigenvalue weighted by Gasteiger charge is -2.19. The van der Waals surface area contributed by atoms with Crippen LogP contribution < -0.4 is 15.7 Å². The third-order valence-electron chi connectivity index (χ3n) is 5.61. The monoisotopic (exact) mass is 440 g/mol. The first kappa shape index (κ1) is 23.8. The van der Waals surface area contributed by atoms with Gasteiger partial charge in [-0.1, -0.05) is 39.8 Å². The first-order valence-electron chi connectivity index (χ1n) is 11.3. The number of anilines is 1. The second-order valence-electron chi connectivity index (χ2n) is 9.04. The van der Waals surface area contributed by atoms with Gasteiger partial charge in [-0.15, -0.1) is 0 Å². The molecule has 8 nitrogen and oxygen atoms in total. The summed E-state index contributed by atoms with van der Waals surface area (Å²) in [6.45, 7) is 13.2. The Morgan fingerprint density at radius 3 is 2.34 bits per heavy atom. The van der Waals surface area contributed by atoms with E-state index >= 15 is 0 Å².